The molecule has 22 heavy (non-hydrogen) atoms. The molecule has 6 heteroatoms. The molecule has 2 rings (SSSR count). The van der Waals surface area contributed by atoms with Gasteiger partial charge in [0.05, 0.1) is 11.1 Å². The molecule has 0 bridgehead atoms. The minimum absolute atomic E-state index is 0.520. The van der Waals surface area contributed by atoms with Crippen molar-refractivity contribution in [1.82, 2.24) is 10.3 Å². The molecular weight excluding hydrogens is 280 g/mol. The molecule has 0 radical (unpaired) electrons. The second kappa shape index (κ2) is 8.58. The number of carboxylic acids is 1. The van der Waals surface area contributed by atoms with E-state index in [4.69, 9.17) is 10.8 Å². The Hall–Kier alpha value is -1.82. The van der Waals surface area contributed by atoms with Gasteiger partial charge < -0.3 is 21.5 Å². The number of carbonyl (C=O) groups is 1. The standard InChI is InChI=1S/C11H18N4.C5H10O2/c12-11-10(4-2-7-14-11)15-9-3-1-6-13-8-5-9;1-5(2,3)4(6)7/h2,4,7,9,13,15H,1,3,5-6,8H2,(H2,12,14);1-3H3,(H,6,7). The lowest BCUT2D eigenvalue weighted by molar-refractivity contribution is -0.145. The zero-order valence-electron chi connectivity index (χ0n) is 13.7. The molecule has 2 heterocycles. The summed E-state index contributed by atoms with van der Waals surface area (Å²) in [5, 5.41) is 15.1. The van der Waals surface area contributed by atoms with E-state index in [0.717, 1.165) is 25.2 Å². The lowest BCUT2D eigenvalue weighted by Gasteiger charge is -2.17. The Kier molecular flexibility index (Phi) is 7.11. The van der Waals surface area contributed by atoms with Crippen LogP contribution in [0.25, 0.3) is 0 Å². The molecule has 0 amide bonds. The van der Waals surface area contributed by atoms with Gasteiger partial charge in [0.15, 0.2) is 0 Å². The summed E-state index contributed by atoms with van der Waals surface area (Å²) in [5.74, 6) is -0.165. The summed E-state index contributed by atoms with van der Waals surface area (Å²) < 4.78 is 0. The largest absolute Gasteiger partial charge is 0.481 e. The maximum atomic E-state index is 10.0. The molecule has 1 saturated heterocycles. The van der Waals surface area contributed by atoms with E-state index in [1.807, 2.05) is 12.1 Å². The molecule has 5 N–H and O–H groups in total. The summed E-state index contributed by atoms with van der Waals surface area (Å²) in [6, 6.07) is 4.42. The van der Waals surface area contributed by atoms with Gasteiger partial charge in [-0.2, -0.15) is 0 Å². The van der Waals surface area contributed by atoms with Crippen molar-refractivity contribution < 1.29 is 9.90 Å². The van der Waals surface area contributed by atoms with Crippen molar-refractivity contribution >= 4 is 17.5 Å². The predicted molar refractivity (Wildman–Crippen MR) is 89.9 cm³/mol. The molecule has 0 spiro atoms. The Balaban J connectivity index is 0.000000295. The molecule has 0 aromatic carbocycles. The highest BCUT2D eigenvalue weighted by molar-refractivity contribution is 5.72. The number of rotatable bonds is 2. The van der Waals surface area contributed by atoms with Gasteiger partial charge in [0.25, 0.3) is 0 Å². The maximum absolute atomic E-state index is 10.0. The van der Waals surface area contributed by atoms with Gasteiger partial charge in [0.1, 0.15) is 5.82 Å². The smallest absolute Gasteiger partial charge is 0.308 e. The monoisotopic (exact) mass is 308 g/mol. The number of carboxylic acid groups (broad SMARTS) is 1. The number of nitrogens with two attached hydrogens (primary N) is 1. The molecule has 6 nitrogen and oxygen atoms in total. The zero-order valence-corrected chi connectivity index (χ0v) is 13.7. The molecule has 0 saturated carbocycles. The minimum atomic E-state index is -0.757. The summed E-state index contributed by atoms with van der Waals surface area (Å²) in [7, 11) is 0. The number of nitrogens with one attached hydrogen (secondary N) is 2. The first kappa shape index (κ1) is 18.2. The molecule has 1 fully saturated rings. The number of aromatic nitrogens is 1. The number of anilines is 2. The van der Waals surface area contributed by atoms with Crippen molar-refractivity contribution in [2.75, 3.05) is 24.1 Å². The SMILES string of the molecule is CC(C)(C)C(=O)O.Nc1ncccc1NC1CCCNCC1. The molecule has 0 aliphatic carbocycles. The van der Waals surface area contributed by atoms with Crippen molar-refractivity contribution in [2.24, 2.45) is 5.41 Å². The third kappa shape index (κ3) is 6.76. The van der Waals surface area contributed by atoms with Crippen LogP contribution in [0.2, 0.25) is 0 Å². The highest BCUT2D eigenvalue weighted by atomic mass is 16.4. The lowest BCUT2D eigenvalue weighted by Crippen LogP contribution is -2.22. The average molecular weight is 308 g/mol. The Morgan fingerprint density at radius 3 is 2.68 bits per heavy atom. The van der Waals surface area contributed by atoms with Crippen molar-refractivity contribution in [3.05, 3.63) is 18.3 Å². The Labute approximate surface area is 132 Å². The Morgan fingerprint density at radius 2 is 2.09 bits per heavy atom. The first-order valence-electron chi connectivity index (χ1n) is 7.72. The van der Waals surface area contributed by atoms with Gasteiger partial charge in [0, 0.05) is 12.2 Å². The van der Waals surface area contributed by atoms with Crippen molar-refractivity contribution in [2.45, 2.75) is 46.1 Å². The molecule has 1 atom stereocenters. The third-order valence-electron chi connectivity index (χ3n) is 3.42. The van der Waals surface area contributed by atoms with Gasteiger partial charge in [-0.15, -0.1) is 0 Å². The molecule has 1 aromatic heterocycles. The van der Waals surface area contributed by atoms with E-state index in [1.54, 1.807) is 27.0 Å². The van der Waals surface area contributed by atoms with Gasteiger partial charge in [-0.3, -0.25) is 4.79 Å². The predicted octanol–water partition coefficient (Wildman–Crippen LogP) is 2.33. The molecule has 124 valence electrons. The van der Waals surface area contributed by atoms with Gasteiger partial charge in [-0.1, -0.05) is 0 Å². The molecule has 1 aliphatic rings. The van der Waals surface area contributed by atoms with Crippen LogP contribution >= 0.6 is 0 Å². The van der Waals surface area contributed by atoms with Crippen LogP contribution in [0.5, 0.6) is 0 Å². The van der Waals surface area contributed by atoms with Crippen LogP contribution in [-0.4, -0.2) is 35.2 Å². The lowest BCUT2D eigenvalue weighted by atomic mass is 9.98. The number of nitrogens with zero attached hydrogens (tertiary/aromatic N) is 1. The van der Waals surface area contributed by atoms with Gasteiger partial charge >= 0.3 is 5.97 Å². The summed E-state index contributed by atoms with van der Waals surface area (Å²) in [6.07, 6.45) is 5.28. The average Bonchev–Trinajstić information content (AvgIpc) is 2.70. The van der Waals surface area contributed by atoms with Crippen LogP contribution in [0.3, 0.4) is 0 Å². The van der Waals surface area contributed by atoms with Crippen LogP contribution in [0.4, 0.5) is 11.5 Å². The number of pyridine rings is 1. The molecule has 1 aliphatic heterocycles. The normalized spacial score (nSPS) is 18.6. The van der Waals surface area contributed by atoms with Gasteiger partial charge in [-0.25, -0.2) is 4.98 Å². The van der Waals surface area contributed by atoms with E-state index >= 15 is 0 Å². The fourth-order valence-electron chi connectivity index (χ4n) is 1.92. The number of nitrogen functional groups attached to an aromatic ring is 1. The van der Waals surface area contributed by atoms with Crippen LogP contribution in [0.15, 0.2) is 18.3 Å². The van der Waals surface area contributed by atoms with Crippen molar-refractivity contribution in [3.8, 4) is 0 Å². The van der Waals surface area contributed by atoms with E-state index < -0.39 is 11.4 Å². The summed E-state index contributed by atoms with van der Waals surface area (Å²) in [5.41, 5.74) is 6.17. The number of hydrogen-bond acceptors (Lipinski definition) is 5. The Bertz CT molecular complexity index is 463. The van der Waals surface area contributed by atoms with Crippen molar-refractivity contribution in [1.29, 1.82) is 0 Å². The van der Waals surface area contributed by atoms with Crippen LogP contribution in [0.1, 0.15) is 40.0 Å². The van der Waals surface area contributed by atoms with Crippen LogP contribution in [-0.2, 0) is 4.79 Å². The van der Waals surface area contributed by atoms with Crippen LogP contribution in [0, 0.1) is 5.41 Å². The highest BCUT2D eigenvalue weighted by Crippen LogP contribution is 2.18. The summed E-state index contributed by atoms with van der Waals surface area (Å²) in [4.78, 5) is 14.1. The van der Waals surface area contributed by atoms with Crippen LogP contribution < -0.4 is 16.4 Å². The Morgan fingerprint density at radius 1 is 1.41 bits per heavy atom. The zero-order chi connectivity index (χ0) is 16.6. The number of aliphatic carboxylic acids is 1. The highest BCUT2D eigenvalue weighted by Gasteiger charge is 2.18. The minimum Gasteiger partial charge on any atom is -0.481 e. The fourth-order valence-corrected chi connectivity index (χ4v) is 1.92. The molecule has 1 aromatic rings. The number of hydrogen-bond donors (Lipinski definition) is 4. The van der Waals surface area contributed by atoms with Crippen molar-refractivity contribution in [3.63, 3.8) is 0 Å². The second-order valence-electron chi connectivity index (χ2n) is 6.51. The van der Waals surface area contributed by atoms with E-state index in [9.17, 15) is 4.79 Å². The first-order chi connectivity index (χ1) is 10.3. The van der Waals surface area contributed by atoms with E-state index in [2.05, 4.69) is 15.6 Å². The third-order valence-corrected chi connectivity index (χ3v) is 3.42. The fraction of sp³-hybridized carbons (Fsp3) is 0.625. The molecular formula is C16H28N4O2. The first-order valence-corrected chi connectivity index (χ1v) is 7.72. The molecule has 1 unspecified atom stereocenters. The van der Waals surface area contributed by atoms with E-state index in [-0.39, 0.29) is 0 Å². The quantitative estimate of drug-likeness (QED) is 0.669. The summed E-state index contributed by atoms with van der Waals surface area (Å²) in [6.45, 7) is 7.19. The van der Waals surface area contributed by atoms with E-state index in [1.165, 1.54) is 12.8 Å². The maximum Gasteiger partial charge on any atom is 0.308 e. The van der Waals surface area contributed by atoms with Gasteiger partial charge in [-0.05, 0) is 65.3 Å². The summed E-state index contributed by atoms with van der Waals surface area (Å²) >= 11 is 0. The second-order valence-corrected chi connectivity index (χ2v) is 6.51. The topological polar surface area (TPSA) is 100 Å². The van der Waals surface area contributed by atoms with E-state index in [0.29, 0.717) is 11.9 Å². The van der Waals surface area contributed by atoms with Gasteiger partial charge in [0.2, 0.25) is 0 Å².